The van der Waals surface area contributed by atoms with Crippen LogP contribution in [0.4, 0.5) is 0 Å². The number of hydrogen-bond acceptors (Lipinski definition) is 4. The summed E-state index contributed by atoms with van der Waals surface area (Å²) >= 11 is 1.58. The molecule has 1 aromatic rings. The second kappa shape index (κ2) is 6.39. The summed E-state index contributed by atoms with van der Waals surface area (Å²) in [6.07, 6.45) is 1.95. The van der Waals surface area contributed by atoms with Gasteiger partial charge in [-0.05, 0) is 44.5 Å². The van der Waals surface area contributed by atoms with E-state index in [0.29, 0.717) is 11.4 Å². The quantitative estimate of drug-likeness (QED) is 0.768. The standard InChI is InChI=1S/C11H18N2O2S2/c1-9(12-2)8-13-17(14,15)11-6-4-10(16-3)5-7-11/h4-7,9,12-13H,8H2,1-3H3. The van der Waals surface area contributed by atoms with Gasteiger partial charge in [-0.15, -0.1) is 11.8 Å². The Kier molecular flexibility index (Phi) is 5.45. The summed E-state index contributed by atoms with van der Waals surface area (Å²) in [6.45, 7) is 2.29. The number of likely N-dealkylation sites (N-methyl/N-ethyl adjacent to an activating group) is 1. The van der Waals surface area contributed by atoms with Crippen molar-refractivity contribution >= 4 is 21.8 Å². The van der Waals surface area contributed by atoms with Gasteiger partial charge in [0.15, 0.2) is 0 Å². The highest BCUT2D eigenvalue weighted by Gasteiger charge is 2.14. The fraction of sp³-hybridized carbons (Fsp3) is 0.455. The van der Waals surface area contributed by atoms with Gasteiger partial charge in [0.05, 0.1) is 4.90 Å². The maximum atomic E-state index is 11.9. The van der Waals surface area contributed by atoms with Gasteiger partial charge in [0.25, 0.3) is 0 Å². The second-order valence-electron chi connectivity index (χ2n) is 3.72. The molecule has 0 saturated heterocycles. The minimum absolute atomic E-state index is 0.107. The van der Waals surface area contributed by atoms with Crippen molar-refractivity contribution in [2.24, 2.45) is 0 Å². The molecule has 0 aliphatic rings. The molecule has 0 saturated carbocycles. The topological polar surface area (TPSA) is 58.2 Å². The van der Waals surface area contributed by atoms with Crippen LogP contribution in [0.1, 0.15) is 6.92 Å². The summed E-state index contributed by atoms with van der Waals surface area (Å²) < 4.78 is 26.4. The van der Waals surface area contributed by atoms with Crippen LogP contribution < -0.4 is 10.0 Å². The number of nitrogens with one attached hydrogen (secondary N) is 2. The van der Waals surface area contributed by atoms with Crippen molar-refractivity contribution in [2.45, 2.75) is 22.8 Å². The molecule has 0 amide bonds. The van der Waals surface area contributed by atoms with Gasteiger partial charge >= 0.3 is 0 Å². The Labute approximate surface area is 107 Å². The van der Waals surface area contributed by atoms with Crippen LogP contribution in [-0.4, -0.2) is 34.3 Å². The molecule has 96 valence electrons. The molecule has 0 heterocycles. The molecule has 17 heavy (non-hydrogen) atoms. The molecule has 4 nitrogen and oxygen atoms in total. The molecule has 0 aromatic heterocycles. The van der Waals surface area contributed by atoms with Crippen LogP contribution in [0, 0.1) is 0 Å². The van der Waals surface area contributed by atoms with E-state index in [9.17, 15) is 8.42 Å². The predicted octanol–water partition coefficient (Wildman–Crippen LogP) is 1.29. The molecule has 2 N–H and O–H groups in total. The number of sulfonamides is 1. The number of hydrogen-bond donors (Lipinski definition) is 2. The van der Waals surface area contributed by atoms with Crippen molar-refractivity contribution in [3.63, 3.8) is 0 Å². The monoisotopic (exact) mass is 274 g/mol. The Balaban J connectivity index is 2.75. The average molecular weight is 274 g/mol. The van der Waals surface area contributed by atoms with Crippen LogP contribution in [-0.2, 0) is 10.0 Å². The third-order valence-electron chi connectivity index (χ3n) is 2.44. The predicted molar refractivity (Wildman–Crippen MR) is 71.9 cm³/mol. The smallest absolute Gasteiger partial charge is 0.240 e. The lowest BCUT2D eigenvalue weighted by Gasteiger charge is -2.12. The normalized spacial score (nSPS) is 13.6. The minimum atomic E-state index is -3.39. The van der Waals surface area contributed by atoms with E-state index in [2.05, 4.69) is 10.0 Å². The summed E-state index contributed by atoms with van der Waals surface area (Å²) in [6, 6.07) is 6.97. The Morgan fingerprint density at radius 3 is 2.35 bits per heavy atom. The van der Waals surface area contributed by atoms with Gasteiger partial charge in [-0.25, -0.2) is 13.1 Å². The fourth-order valence-electron chi connectivity index (χ4n) is 1.17. The molecule has 6 heteroatoms. The Morgan fingerprint density at radius 2 is 1.88 bits per heavy atom. The first-order chi connectivity index (χ1) is 7.99. The van der Waals surface area contributed by atoms with Gasteiger partial charge < -0.3 is 5.32 Å². The number of benzene rings is 1. The highest BCUT2D eigenvalue weighted by Crippen LogP contribution is 2.17. The van der Waals surface area contributed by atoms with Gasteiger partial charge in [0.1, 0.15) is 0 Å². The Bertz CT molecular complexity index is 443. The van der Waals surface area contributed by atoms with Crippen LogP contribution in [0.5, 0.6) is 0 Å². The lowest BCUT2D eigenvalue weighted by atomic mass is 10.4. The SMILES string of the molecule is CNC(C)CNS(=O)(=O)c1ccc(SC)cc1. The first kappa shape index (κ1) is 14.5. The maximum Gasteiger partial charge on any atom is 0.240 e. The highest BCUT2D eigenvalue weighted by atomic mass is 32.2. The van der Waals surface area contributed by atoms with E-state index >= 15 is 0 Å². The molecule has 1 unspecified atom stereocenters. The first-order valence-electron chi connectivity index (χ1n) is 5.30. The van der Waals surface area contributed by atoms with Crippen LogP contribution >= 0.6 is 11.8 Å². The largest absolute Gasteiger partial charge is 0.316 e. The third kappa shape index (κ3) is 4.31. The van der Waals surface area contributed by atoms with Crippen molar-refractivity contribution in [1.29, 1.82) is 0 Å². The number of rotatable bonds is 6. The first-order valence-corrected chi connectivity index (χ1v) is 8.01. The van der Waals surface area contributed by atoms with E-state index in [1.165, 1.54) is 0 Å². The van der Waals surface area contributed by atoms with Crippen molar-refractivity contribution in [3.05, 3.63) is 24.3 Å². The maximum absolute atomic E-state index is 11.9. The third-order valence-corrected chi connectivity index (χ3v) is 4.63. The van der Waals surface area contributed by atoms with Crippen LogP contribution in [0.25, 0.3) is 0 Å². The minimum Gasteiger partial charge on any atom is -0.316 e. The molecule has 1 atom stereocenters. The molecule has 0 aliphatic heterocycles. The van der Waals surface area contributed by atoms with Crippen LogP contribution in [0.3, 0.4) is 0 Å². The molecule has 1 aromatic carbocycles. The van der Waals surface area contributed by atoms with Crippen molar-refractivity contribution in [2.75, 3.05) is 19.8 Å². The van der Waals surface area contributed by atoms with E-state index in [1.54, 1.807) is 43.1 Å². The Morgan fingerprint density at radius 1 is 1.29 bits per heavy atom. The molecule has 0 spiro atoms. The second-order valence-corrected chi connectivity index (χ2v) is 6.36. The van der Waals surface area contributed by atoms with Crippen LogP contribution in [0.2, 0.25) is 0 Å². The lowest BCUT2D eigenvalue weighted by Crippen LogP contribution is -2.37. The molecule has 0 radical (unpaired) electrons. The zero-order valence-corrected chi connectivity index (χ0v) is 11.9. The van der Waals surface area contributed by atoms with Gasteiger partial charge in [-0.3, -0.25) is 0 Å². The average Bonchev–Trinajstić information content (AvgIpc) is 2.36. The zero-order valence-electron chi connectivity index (χ0n) is 10.2. The highest BCUT2D eigenvalue weighted by molar-refractivity contribution is 7.98. The summed E-state index contributed by atoms with van der Waals surface area (Å²) in [4.78, 5) is 1.35. The molecular weight excluding hydrogens is 256 g/mol. The van der Waals surface area contributed by atoms with Crippen LogP contribution in [0.15, 0.2) is 34.1 Å². The van der Waals surface area contributed by atoms with Crippen molar-refractivity contribution in [1.82, 2.24) is 10.0 Å². The fourth-order valence-corrected chi connectivity index (χ4v) is 2.71. The molecule has 0 bridgehead atoms. The van der Waals surface area contributed by atoms with E-state index in [-0.39, 0.29) is 6.04 Å². The number of thioether (sulfide) groups is 1. The molecule has 0 fully saturated rings. The van der Waals surface area contributed by atoms with E-state index < -0.39 is 10.0 Å². The van der Waals surface area contributed by atoms with E-state index in [1.807, 2.05) is 13.2 Å². The summed E-state index contributed by atoms with van der Waals surface area (Å²) in [5, 5.41) is 2.98. The van der Waals surface area contributed by atoms with Gasteiger partial charge in [0, 0.05) is 17.5 Å². The van der Waals surface area contributed by atoms with E-state index in [0.717, 1.165) is 4.90 Å². The van der Waals surface area contributed by atoms with Gasteiger partial charge in [-0.1, -0.05) is 0 Å². The summed E-state index contributed by atoms with van der Waals surface area (Å²) in [5.74, 6) is 0. The zero-order chi connectivity index (χ0) is 12.9. The lowest BCUT2D eigenvalue weighted by molar-refractivity contribution is 0.554. The van der Waals surface area contributed by atoms with Gasteiger partial charge in [-0.2, -0.15) is 0 Å². The van der Waals surface area contributed by atoms with E-state index in [4.69, 9.17) is 0 Å². The van der Waals surface area contributed by atoms with Crippen molar-refractivity contribution < 1.29 is 8.42 Å². The molecule has 1 rings (SSSR count). The Hall–Kier alpha value is -0.560. The summed E-state index contributed by atoms with van der Waals surface area (Å²) in [5.41, 5.74) is 0. The van der Waals surface area contributed by atoms with Gasteiger partial charge in [0.2, 0.25) is 10.0 Å². The summed E-state index contributed by atoms with van der Waals surface area (Å²) in [7, 11) is -1.59. The molecular formula is C11H18N2O2S2. The molecule has 0 aliphatic carbocycles. The van der Waals surface area contributed by atoms with Crippen molar-refractivity contribution in [3.8, 4) is 0 Å².